The van der Waals surface area contributed by atoms with Gasteiger partial charge in [-0.25, -0.2) is 9.97 Å². The van der Waals surface area contributed by atoms with Gasteiger partial charge in [-0.1, -0.05) is 146 Å². The highest BCUT2D eigenvalue weighted by Gasteiger charge is 2.15. The number of rotatable bonds is 6. The summed E-state index contributed by atoms with van der Waals surface area (Å²) in [6, 6.07) is 62.0. The van der Waals surface area contributed by atoms with Crippen LogP contribution in [0.2, 0.25) is 0 Å². The summed E-state index contributed by atoms with van der Waals surface area (Å²) in [5.41, 5.74) is 11.7. The number of fused-ring (bicyclic) bond motifs is 2. The maximum Gasteiger partial charge on any atom is 0.160 e. The standard InChI is InChI=1S/C47H31N3/c1-3-22-41-32(11-1)13-8-24-43(41)37-18-7-20-39(29-37)47-49-45(30-46(50-47)44-25-9-14-33-12-2-4-23-42(33)44)38-19-6-16-35(28-38)34-15-5-17-36(27-34)40-21-10-26-48-31-40/h1-31H. The van der Waals surface area contributed by atoms with Gasteiger partial charge in [0, 0.05) is 34.6 Å². The summed E-state index contributed by atoms with van der Waals surface area (Å²) < 4.78 is 0. The minimum Gasteiger partial charge on any atom is -0.264 e. The molecule has 0 N–H and O–H groups in total. The molecule has 2 heterocycles. The fourth-order valence-electron chi connectivity index (χ4n) is 6.88. The van der Waals surface area contributed by atoms with Gasteiger partial charge in [0.15, 0.2) is 5.82 Å². The van der Waals surface area contributed by atoms with E-state index in [1.807, 2.05) is 12.3 Å². The van der Waals surface area contributed by atoms with Crippen molar-refractivity contribution in [2.24, 2.45) is 0 Å². The molecule has 9 aromatic rings. The van der Waals surface area contributed by atoms with Crippen LogP contribution in [0, 0.1) is 0 Å². The number of pyridine rings is 1. The third kappa shape index (κ3) is 5.61. The van der Waals surface area contributed by atoms with Crippen LogP contribution in [0.5, 0.6) is 0 Å². The van der Waals surface area contributed by atoms with Crippen molar-refractivity contribution in [3.05, 3.63) is 188 Å². The molecule has 0 saturated heterocycles. The van der Waals surface area contributed by atoms with Crippen molar-refractivity contribution >= 4 is 21.5 Å². The van der Waals surface area contributed by atoms with E-state index in [1.165, 1.54) is 21.7 Å². The Morgan fingerprint density at radius 2 is 0.820 bits per heavy atom. The quantitative estimate of drug-likeness (QED) is 0.182. The molecule has 0 unspecified atom stereocenters. The average molecular weight is 638 g/mol. The predicted molar refractivity (Wildman–Crippen MR) is 207 cm³/mol. The van der Waals surface area contributed by atoms with E-state index in [1.54, 1.807) is 6.20 Å². The molecule has 2 aromatic heterocycles. The number of nitrogens with zero attached hydrogens (tertiary/aromatic N) is 3. The first-order valence-corrected chi connectivity index (χ1v) is 16.8. The Morgan fingerprint density at radius 3 is 1.54 bits per heavy atom. The van der Waals surface area contributed by atoms with E-state index in [4.69, 9.17) is 9.97 Å². The minimum absolute atomic E-state index is 0.691. The van der Waals surface area contributed by atoms with Crippen molar-refractivity contribution in [2.75, 3.05) is 0 Å². The first-order chi connectivity index (χ1) is 24.8. The number of hydrogen-bond acceptors (Lipinski definition) is 3. The van der Waals surface area contributed by atoms with Crippen LogP contribution in [0.3, 0.4) is 0 Å². The molecule has 50 heavy (non-hydrogen) atoms. The summed E-state index contributed by atoms with van der Waals surface area (Å²) >= 11 is 0. The summed E-state index contributed by atoms with van der Waals surface area (Å²) in [6.07, 6.45) is 3.71. The fourth-order valence-corrected chi connectivity index (χ4v) is 6.88. The summed E-state index contributed by atoms with van der Waals surface area (Å²) in [6.45, 7) is 0. The largest absolute Gasteiger partial charge is 0.264 e. The van der Waals surface area contributed by atoms with Gasteiger partial charge in [0.2, 0.25) is 0 Å². The predicted octanol–water partition coefficient (Wildman–Crippen LogP) is 12.2. The molecule has 3 nitrogen and oxygen atoms in total. The second kappa shape index (κ2) is 12.7. The van der Waals surface area contributed by atoms with E-state index in [0.717, 1.165) is 61.3 Å². The molecule has 7 aromatic carbocycles. The Kier molecular flexibility index (Phi) is 7.49. The third-order valence-electron chi connectivity index (χ3n) is 9.36. The summed E-state index contributed by atoms with van der Waals surface area (Å²) in [5, 5.41) is 4.79. The lowest BCUT2D eigenvalue weighted by Gasteiger charge is -2.13. The van der Waals surface area contributed by atoms with Gasteiger partial charge in [-0.05, 0) is 79.7 Å². The van der Waals surface area contributed by atoms with Gasteiger partial charge in [-0.15, -0.1) is 0 Å². The van der Waals surface area contributed by atoms with Crippen LogP contribution in [-0.2, 0) is 0 Å². The first kappa shape index (κ1) is 29.4. The molecule has 9 rings (SSSR count). The van der Waals surface area contributed by atoms with Gasteiger partial charge in [0.05, 0.1) is 11.4 Å². The molecule has 0 bridgehead atoms. The van der Waals surface area contributed by atoms with Gasteiger partial charge in [0.25, 0.3) is 0 Å². The Labute approximate surface area is 291 Å². The van der Waals surface area contributed by atoms with Gasteiger partial charge >= 0.3 is 0 Å². The Bertz CT molecular complexity index is 2650. The molecular formula is C47H31N3. The number of hydrogen-bond donors (Lipinski definition) is 0. The zero-order valence-electron chi connectivity index (χ0n) is 27.2. The lowest BCUT2D eigenvalue weighted by molar-refractivity contribution is 1.18. The topological polar surface area (TPSA) is 38.7 Å². The fraction of sp³-hybridized carbons (Fsp3) is 0. The lowest BCUT2D eigenvalue weighted by atomic mass is 9.96. The van der Waals surface area contributed by atoms with E-state index in [-0.39, 0.29) is 0 Å². The molecule has 0 aliphatic heterocycles. The molecule has 234 valence electrons. The van der Waals surface area contributed by atoms with Gasteiger partial charge in [0.1, 0.15) is 0 Å². The van der Waals surface area contributed by atoms with E-state index in [9.17, 15) is 0 Å². The minimum atomic E-state index is 0.691. The van der Waals surface area contributed by atoms with Crippen LogP contribution in [0.15, 0.2) is 188 Å². The van der Waals surface area contributed by atoms with E-state index >= 15 is 0 Å². The third-order valence-corrected chi connectivity index (χ3v) is 9.36. The van der Waals surface area contributed by atoms with Crippen LogP contribution in [0.4, 0.5) is 0 Å². The number of aromatic nitrogens is 3. The highest BCUT2D eigenvalue weighted by molar-refractivity contribution is 5.98. The SMILES string of the molecule is c1cncc(-c2cccc(-c3cccc(-c4cc(-c5cccc6ccccc56)nc(-c5cccc(-c6cccc7ccccc67)c5)n4)c3)c2)c1. The Hall–Kier alpha value is -6.71. The van der Waals surface area contributed by atoms with Crippen LogP contribution < -0.4 is 0 Å². The molecule has 0 amide bonds. The van der Waals surface area contributed by atoms with Crippen molar-refractivity contribution in [1.29, 1.82) is 0 Å². The van der Waals surface area contributed by atoms with Crippen LogP contribution >= 0.6 is 0 Å². The van der Waals surface area contributed by atoms with Crippen molar-refractivity contribution in [3.63, 3.8) is 0 Å². The van der Waals surface area contributed by atoms with Gasteiger partial charge < -0.3 is 0 Å². The van der Waals surface area contributed by atoms with E-state index in [0.29, 0.717) is 5.82 Å². The van der Waals surface area contributed by atoms with Crippen LogP contribution in [0.1, 0.15) is 0 Å². The Balaban J connectivity index is 1.20. The van der Waals surface area contributed by atoms with Crippen molar-refractivity contribution in [3.8, 4) is 67.3 Å². The smallest absolute Gasteiger partial charge is 0.160 e. The Morgan fingerprint density at radius 1 is 0.320 bits per heavy atom. The maximum atomic E-state index is 5.26. The second-order valence-corrected chi connectivity index (χ2v) is 12.5. The van der Waals surface area contributed by atoms with Gasteiger partial charge in [-0.2, -0.15) is 0 Å². The molecule has 3 heteroatoms. The average Bonchev–Trinajstić information content (AvgIpc) is 3.21. The van der Waals surface area contributed by atoms with Crippen molar-refractivity contribution in [2.45, 2.75) is 0 Å². The molecular weight excluding hydrogens is 607 g/mol. The monoisotopic (exact) mass is 637 g/mol. The normalized spacial score (nSPS) is 11.2. The van der Waals surface area contributed by atoms with Crippen LogP contribution in [0.25, 0.3) is 88.8 Å². The molecule has 0 spiro atoms. The molecule has 0 radical (unpaired) electrons. The molecule has 0 aliphatic carbocycles. The maximum absolute atomic E-state index is 5.26. The summed E-state index contributed by atoms with van der Waals surface area (Å²) in [4.78, 5) is 14.8. The summed E-state index contributed by atoms with van der Waals surface area (Å²) in [5.74, 6) is 0.691. The molecule has 0 atom stereocenters. The van der Waals surface area contributed by atoms with Crippen molar-refractivity contribution < 1.29 is 0 Å². The van der Waals surface area contributed by atoms with Gasteiger partial charge in [-0.3, -0.25) is 4.98 Å². The highest BCUT2D eigenvalue weighted by Crippen LogP contribution is 2.36. The lowest BCUT2D eigenvalue weighted by Crippen LogP contribution is -1.97. The molecule has 0 saturated carbocycles. The van der Waals surface area contributed by atoms with Crippen LogP contribution in [-0.4, -0.2) is 15.0 Å². The zero-order valence-corrected chi connectivity index (χ0v) is 27.2. The second-order valence-electron chi connectivity index (χ2n) is 12.5. The summed E-state index contributed by atoms with van der Waals surface area (Å²) in [7, 11) is 0. The molecule has 0 fully saturated rings. The highest BCUT2D eigenvalue weighted by atomic mass is 14.9. The zero-order chi connectivity index (χ0) is 33.3. The van der Waals surface area contributed by atoms with E-state index in [2.05, 4.69) is 175 Å². The molecule has 0 aliphatic rings. The van der Waals surface area contributed by atoms with Crippen molar-refractivity contribution in [1.82, 2.24) is 15.0 Å². The first-order valence-electron chi connectivity index (χ1n) is 16.8. The van der Waals surface area contributed by atoms with E-state index < -0.39 is 0 Å². The number of benzene rings is 7.